The SMILES string of the molecule is CC(C(=O)Nc1cccc(-c2cccs2)c1)C1CNC1. The Labute approximate surface area is 123 Å². The second-order valence-electron chi connectivity index (χ2n) is 5.25. The molecule has 1 fully saturated rings. The zero-order valence-corrected chi connectivity index (χ0v) is 12.2. The van der Waals surface area contributed by atoms with Gasteiger partial charge in [0.05, 0.1) is 0 Å². The number of amides is 1. The van der Waals surface area contributed by atoms with Crippen LogP contribution >= 0.6 is 11.3 Å². The van der Waals surface area contributed by atoms with Gasteiger partial charge in [0, 0.05) is 16.5 Å². The summed E-state index contributed by atoms with van der Waals surface area (Å²) in [6.07, 6.45) is 0. The highest BCUT2D eigenvalue weighted by molar-refractivity contribution is 7.13. The summed E-state index contributed by atoms with van der Waals surface area (Å²) in [5.41, 5.74) is 2.02. The van der Waals surface area contributed by atoms with Crippen LogP contribution in [-0.2, 0) is 4.79 Å². The molecule has 1 atom stereocenters. The standard InChI is InChI=1S/C16H18N2OS/c1-11(13-9-17-10-13)16(19)18-14-5-2-4-12(8-14)15-6-3-7-20-15/h2-8,11,13,17H,9-10H2,1H3,(H,18,19). The van der Waals surface area contributed by atoms with Crippen molar-refractivity contribution in [3.63, 3.8) is 0 Å². The van der Waals surface area contributed by atoms with Gasteiger partial charge in [0.25, 0.3) is 0 Å². The van der Waals surface area contributed by atoms with Gasteiger partial charge in [0.15, 0.2) is 0 Å². The molecule has 104 valence electrons. The van der Waals surface area contributed by atoms with Crippen LogP contribution < -0.4 is 10.6 Å². The van der Waals surface area contributed by atoms with Gasteiger partial charge in [0.1, 0.15) is 0 Å². The molecule has 1 unspecified atom stereocenters. The molecule has 0 saturated carbocycles. The zero-order valence-electron chi connectivity index (χ0n) is 11.4. The molecule has 2 heterocycles. The second-order valence-corrected chi connectivity index (χ2v) is 6.20. The normalized spacial score (nSPS) is 16.4. The Hall–Kier alpha value is -1.65. The van der Waals surface area contributed by atoms with Crippen LogP contribution in [0.2, 0.25) is 0 Å². The van der Waals surface area contributed by atoms with Gasteiger partial charge in [-0.1, -0.05) is 25.1 Å². The van der Waals surface area contributed by atoms with E-state index in [2.05, 4.69) is 28.1 Å². The number of carbonyl (C=O) groups is 1. The summed E-state index contributed by atoms with van der Waals surface area (Å²) < 4.78 is 0. The summed E-state index contributed by atoms with van der Waals surface area (Å²) in [6, 6.07) is 12.2. The number of hydrogen-bond donors (Lipinski definition) is 2. The Bertz CT molecular complexity index is 590. The van der Waals surface area contributed by atoms with Gasteiger partial charge in [-0.2, -0.15) is 0 Å². The first-order valence-corrected chi connectivity index (χ1v) is 7.77. The molecule has 2 aromatic rings. The van der Waals surface area contributed by atoms with Gasteiger partial charge in [0.2, 0.25) is 5.91 Å². The van der Waals surface area contributed by atoms with Crippen molar-refractivity contribution in [3.8, 4) is 10.4 Å². The third-order valence-corrected chi connectivity index (χ3v) is 4.79. The lowest BCUT2D eigenvalue weighted by Gasteiger charge is -2.31. The predicted octanol–water partition coefficient (Wildman–Crippen LogP) is 3.21. The van der Waals surface area contributed by atoms with E-state index in [9.17, 15) is 4.79 Å². The van der Waals surface area contributed by atoms with Crippen LogP contribution in [0.3, 0.4) is 0 Å². The van der Waals surface area contributed by atoms with Crippen LogP contribution in [0.15, 0.2) is 41.8 Å². The topological polar surface area (TPSA) is 41.1 Å². The lowest BCUT2D eigenvalue weighted by Crippen LogP contribution is -2.48. The fourth-order valence-corrected chi connectivity index (χ4v) is 3.05. The molecule has 1 aliphatic heterocycles. The first-order chi connectivity index (χ1) is 9.74. The van der Waals surface area contributed by atoms with Crippen molar-refractivity contribution in [1.29, 1.82) is 0 Å². The molecular formula is C16H18N2OS. The third kappa shape index (κ3) is 2.76. The summed E-state index contributed by atoms with van der Waals surface area (Å²) >= 11 is 1.71. The van der Waals surface area contributed by atoms with Gasteiger partial charge in [-0.25, -0.2) is 0 Å². The molecule has 0 bridgehead atoms. The van der Waals surface area contributed by atoms with Crippen molar-refractivity contribution in [1.82, 2.24) is 5.32 Å². The van der Waals surface area contributed by atoms with Crippen LogP contribution in [0.25, 0.3) is 10.4 Å². The molecule has 1 saturated heterocycles. The van der Waals surface area contributed by atoms with E-state index < -0.39 is 0 Å². The van der Waals surface area contributed by atoms with Crippen LogP contribution in [0, 0.1) is 11.8 Å². The van der Waals surface area contributed by atoms with E-state index in [0.717, 1.165) is 24.3 Å². The zero-order chi connectivity index (χ0) is 13.9. The number of thiophene rings is 1. The fourth-order valence-electron chi connectivity index (χ4n) is 2.33. The molecular weight excluding hydrogens is 268 g/mol. The minimum absolute atomic E-state index is 0.0571. The number of carbonyl (C=O) groups excluding carboxylic acids is 1. The first kappa shape index (κ1) is 13.3. The summed E-state index contributed by atoms with van der Waals surface area (Å²) in [4.78, 5) is 13.4. The van der Waals surface area contributed by atoms with Crippen molar-refractivity contribution in [2.24, 2.45) is 11.8 Å². The van der Waals surface area contributed by atoms with Crippen LogP contribution in [0.4, 0.5) is 5.69 Å². The molecule has 0 aliphatic carbocycles. The maximum Gasteiger partial charge on any atom is 0.227 e. The maximum absolute atomic E-state index is 12.2. The molecule has 0 spiro atoms. The van der Waals surface area contributed by atoms with Crippen molar-refractivity contribution in [2.45, 2.75) is 6.92 Å². The minimum Gasteiger partial charge on any atom is -0.326 e. The van der Waals surface area contributed by atoms with Gasteiger partial charge in [-0.3, -0.25) is 4.79 Å². The Morgan fingerprint density at radius 2 is 2.20 bits per heavy atom. The van der Waals surface area contributed by atoms with E-state index in [-0.39, 0.29) is 11.8 Å². The van der Waals surface area contributed by atoms with Gasteiger partial charge < -0.3 is 10.6 Å². The van der Waals surface area contributed by atoms with Gasteiger partial charge in [-0.05, 0) is 48.2 Å². The molecule has 2 N–H and O–H groups in total. The highest BCUT2D eigenvalue weighted by Gasteiger charge is 2.28. The Morgan fingerprint density at radius 1 is 1.35 bits per heavy atom. The molecule has 20 heavy (non-hydrogen) atoms. The van der Waals surface area contributed by atoms with Crippen molar-refractivity contribution in [2.75, 3.05) is 18.4 Å². The van der Waals surface area contributed by atoms with Crippen LogP contribution in [-0.4, -0.2) is 19.0 Å². The average molecular weight is 286 g/mol. The summed E-state index contributed by atoms with van der Waals surface area (Å²) in [5.74, 6) is 0.636. The Kier molecular flexibility index (Phi) is 3.85. The predicted molar refractivity (Wildman–Crippen MR) is 83.9 cm³/mol. The molecule has 1 aromatic heterocycles. The molecule has 3 rings (SSSR count). The minimum atomic E-state index is 0.0571. The second kappa shape index (κ2) is 5.77. The number of benzene rings is 1. The van der Waals surface area contributed by atoms with Crippen molar-refractivity contribution < 1.29 is 4.79 Å². The molecule has 1 aromatic carbocycles. The summed E-state index contributed by atoms with van der Waals surface area (Å²) in [7, 11) is 0. The maximum atomic E-state index is 12.2. The average Bonchev–Trinajstić information content (AvgIpc) is 2.90. The van der Waals surface area contributed by atoms with Crippen LogP contribution in [0.5, 0.6) is 0 Å². The number of nitrogens with one attached hydrogen (secondary N) is 2. The molecule has 1 aliphatic rings. The van der Waals surface area contributed by atoms with Crippen LogP contribution in [0.1, 0.15) is 6.92 Å². The monoisotopic (exact) mass is 286 g/mol. The quantitative estimate of drug-likeness (QED) is 0.906. The molecule has 1 amide bonds. The summed E-state index contributed by atoms with van der Waals surface area (Å²) in [6.45, 7) is 3.90. The highest BCUT2D eigenvalue weighted by Crippen LogP contribution is 2.27. The van der Waals surface area contributed by atoms with Gasteiger partial charge in [-0.15, -0.1) is 11.3 Å². The fraction of sp³-hybridized carbons (Fsp3) is 0.312. The van der Waals surface area contributed by atoms with Crippen molar-refractivity contribution >= 4 is 22.9 Å². The highest BCUT2D eigenvalue weighted by atomic mass is 32.1. The molecule has 0 radical (unpaired) electrons. The summed E-state index contributed by atoms with van der Waals surface area (Å²) in [5, 5.41) is 8.30. The molecule has 3 nitrogen and oxygen atoms in total. The first-order valence-electron chi connectivity index (χ1n) is 6.89. The van der Waals surface area contributed by atoms with E-state index in [1.165, 1.54) is 4.88 Å². The lowest BCUT2D eigenvalue weighted by atomic mass is 9.88. The van der Waals surface area contributed by atoms with E-state index in [0.29, 0.717) is 5.92 Å². The van der Waals surface area contributed by atoms with Gasteiger partial charge >= 0.3 is 0 Å². The number of anilines is 1. The number of hydrogen-bond acceptors (Lipinski definition) is 3. The third-order valence-electron chi connectivity index (χ3n) is 3.87. The largest absolute Gasteiger partial charge is 0.326 e. The smallest absolute Gasteiger partial charge is 0.227 e. The Morgan fingerprint density at radius 3 is 2.85 bits per heavy atom. The van der Waals surface area contributed by atoms with E-state index >= 15 is 0 Å². The Balaban J connectivity index is 1.71. The number of rotatable bonds is 4. The van der Waals surface area contributed by atoms with Crippen molar-refractivity contribution in [3.05, 3.63) is 41.8 Å². The molecule has 4 heteroatoms. The van der Waals surface area contributed by atoms with E-state index in [4.69, 9.17) is 0 Å². The van der Waals surface area contributed by atoms with E-state index in [1.54, 1.807) is 11.3 Å². The van der Waals surface area contributed by atoms with E-state index in [1.807, 2.05) is 31.2 Å². The lowest BCUT2D eigenvalue weighted by molar-refractivity contribution is -0.121.